The van der Waals surface area contributed by atoms with E-state index in [2.05, 4.69) is 9.60 Å². The fourth-order valence-corrected chi connectivity index (χ4v) is 3.39. The van der Waals surface area contributed by atoms with E-state index in [0.717, 1.165) is 19.3 Å². The Morgan fingerprint density at radius 1 is 1.33 bits per heavy atom. The van der Waals surface area contributed by atoms with Crippen molar-refractivity contribution in [3.63, 3.8) is 0 Å². The third-order valence-electron chi connectivity index (χ3n) is 4.30. The van der Waals surface area contributed by atoms with E-state index in [1.54, 1.807) is 0 Å². The minimum absolute atomic E-state index is 0.292. The van der Waals surface area contributed by atoms with E-state index in [1.165, 1.54) is 4.90 Å². The average molecular weight is 318 g/mol. The van der Waals surface area contributed by atoms with Crippen LogP contribution in [0.5, 0.6) is 0 Å². The summed E-state index contributed by atoms with van der Waals surface area (Å²) in [4.78, 5) is 13.6. The Morgan fingerprint density at radius 2 is 2.05 bits per heavy atom. The third-order valence-corrected chi connectivity index (χ3v) is 4.64. The Balaban J connectivity index is 1.68. The van der Waals surface area contributed by atoms with Crippen LogP contribution in [0.1, 0.15) is 32.1 Å². The molecule has 2 heterocycles. The summed E-state index contributed by atoms with van der Waals surface area (Å²) in [6.45, 7) is 0.299. The Bertz CT molecular complexity index is 561. The molecule has 0 aromatic rings. The minimum Gasteiger partial charge on any atom is -0.370 e. The molecular formula is C11H18N4O5S. The highest BCUT2D eigenvalue weighted by Crippen LogP contribution is 2.31. The number of piperidine rings is 1. The van der Waals surface area contributed by atoms with Gasteiger partial charge in [0.2, 0.25) is 0 Å². The topological polar surface area (TPSA) is 123 Å². The van der Waals surface area contributed by atoms with Crippen molar-refractivity contribution in [3.8, 4) is 0 Å². The Labute approximate surface area is 122 Å². The molecule has 2 saturated heterocycles. The maximum atomic E-state index is 12.2. The number of amides is 2. The van der Waals surface area contributed by atoms with Crippen molar-refractivity contribution in [1.82, 2.24) is 15.3 Å². The lowest BCUT2D eigenvalue weighted by atomic mass is 9.92. The first-order valence-electron chi connectivity index (χ1n) is 6.97. The molecule has 1 saturated carbocycles. The molecule has 118 valence electrons. The standard InChI is InChI=1S/C11H18N4O5S/c12-10(13-7-2-1-3-7)9-5-4-8-6-14(9)11(16)15(8)20-21(17,18)19/h7-9H,1-6H2,(H2,12,13)(H,17,18,19)/t8-,9+/m1/s1. The Morgan fingerprint density at radius 3 is 2.62 bits per heavy atom. The molecule has 0 spiro atoms. The third kappa shape index (κ3) is 2.83. The van der Waals surface area contributed by atoms with Crippen molar-refractivity contribution in [2.24, 2.45) is 0 Å². The molecule has 3 N–H and O–H groups in total. The normalized spacial score (nSPS) is 29.5. The summed E-state index contributed by atoms with van der Waals surface area (Å²) in [6, 6.07) is -1.12. The van der Waals surface area contributed by atoms with Crippen molar-refractivity contribution < 1.29 is 22.0 Å². The Kier molecular flexibility index (Phi) is 3.54. The molecule has 0 aromatic carbocycles. The molecule has 0 radical (unpaired) electrons. The van der Waals surface area contributed by atoms with Gasteiger partial charge in [0.05, 0.1) is 12.1 Å². The van der Waals surface area contributed by atoms with Gasteiger partial charge in [-0.2, -0.15) is 13.5 Å². The second-order valence-electron chi connectivity index (χ2n) is 5.70. The maximum absolute atomic E-state index is 12.2. The average Bonchev–Trinajstić information content (AvgIpc) is 2.58. The fourth-order valence-electron chi connectivity index (χ4n) is 3.00. The van der Waals surface area contributed by atoms with Gasteiger partial charge >= 0.3 is 16.4 Å². The van der Waals surface area contributed by atoms with Gasteiger partial charge in [-0.05, 0) is 32.1 Å². The lowest BCUT2D eigenvalue weighted by Gasteiger charge is -2.35. The van der Waals surface area contributed by atoms with Gasteiger partial charge in [-0.25, -0.2) is 4.79 Å². The fraction of sp³-hybridized carbons (Fsp3) is 0.818. The van der Waals surface area contributed by atoms with Gasteiger partial charge in [0.15, 0.2) is 0 Å². The molecule has 2 aliphatic heterocycles. The maximum Gasteiger partial charge on any atom is 0.418 e. The van der Waals surface area contributed by atoms with Crippen molar-refractivity contribution in [2.75, 3.05) is 6.54 Å². The monoisotopic (exact) mass is 318 g/mol. The highest BCUT2D eigenvalue weighted by molar-refractivity contribution is 7.80. The Hall–Kier alpha value is -1.39. The lowest BCUT2D eigenvalue weighted by Crippen LogP contribution is -2.52. The number of hydrogen-bond acceptors (Lipinski definition) is 5. The quantitative estimate of drug-likeness (QED) is 0.384. The van der Waals surface area contributed by atoms with Gasteiger partial charge in [-0.3, -0.25) is 9.96 Å². The second kappa shape index (κ2) is 5.11. The first kappa shape index (κ1) is 14.5. The summed E-state index contributed by atoms with van der Waals surface area (Å²) in [5, 5.41) is 11.9. The molecule has 1 aliphatic carbocycles. The number of hydroxylamine groups is 2. The zero-order chi connectivity index (χ0) is 15.2. The molecule has 2 amide bonds. The van der Waals surface area contributed by atoms with Gasteiger partial charge in [0, 0.05) is 12.6 Å². The van der Waals surface area contributed by atoms with E-state index < -0.39 is 22.5 Å². The molecule has 9 nitrogen and oxygen atoms in total. The van der Waals surface area contributed by atoms with Crippen LogP contribution in [0.2, 0.25) is 0 Å². The van der Waals surface area contributed by atoms with E-state index in [9.17, 15) is 13.2 Å². The molecule has 3 aliphatic rings. The molecule has 0 aromatic heterocycles. The van der Waals surface area contributed by atoms with Crippen LogP contribution < -0.4 is 5.32 Å². The first-order valence-corrected chi connectivity index (χ1v) is 8.33. The summed E-state index contributed by atoms with van der Waals surface area (Å²) >= 11 is 0. The highest BCUT2D eigenvalue weighted by Gasteiger charge is 2.48. The minimum atomic E-state index is -4.72. The summed E-state index contributed by atoms with van der Waals surface area (Å²) in [5.74, 6) is 0.292. The molecule has 2 bridgehead atoms. The zero-order valence-electron chi connectivity index (χ0n) is 11.4. The summed E-state index contributed by atoms with van der Waals surface area (Å²) < 4.78 is 34.7. The number of hydrogen-bond donors (Lipinski definition) is 3. The predicted octanol–water partition coefficient (Wildman–Crippen LogP) is 0.109. The van der Waals surface area contributed by atoms with Crippen molar-refractivity contribution in [3.05, 3.63) is 0 Å². The van der Waals surface area contributed by atoms with Crippen LogP contribution in [0.4, 0.5) is 4.79 Å². The molecule has 3 rings (SSSR count). The van der Waals surface area contributed by atoms with Gasteiger partial charge in [0.25, 0.3) is 0 Å². The SMILES string of the molecule is N=C(NC1CCC1)[C@@H]1CC[C@@H]2CN1C(=O)N2OS(=O)(=O)O. The number of carbonyl (C=O) groups excluding carboxylic acids is 1. The molecule has 21 heavy (non-hydrogen) atoms. The zero-order valence-corrected chi connectivity index (χ0v) is 12.2. The van der Waals surface area contributed by atoms with Crippen LogP contribution in [0.25, 0.3) is 0 Å². The van der Waals surface area contributed by atoms with Gasteiger partial charge in [-0.1, -0.05) is 0 Å². The number of urea groups is 1. The number of amidine groups is 1. The van der Waals surface area contributed by atoms with Crippen molar-refractivity contribution in [1.29, 1.82) is 5.41 Å². The molecule has 10 heteroatoms. The van der Waals surface area contributed by atoms with Crippen LogP contribution in [-0.4, -0.2) is 59.5 Å². The van der Waals surface area contributed by atoms with E-state index in [0.29, 0.717) is 36.3 Å². The van der Waals surface area contributed by atoms with Crippen LogP contribution in [0.15, 0.2) is 0 Å². The van der Waals surface area contributed by atoms with Crippen LogP contribution in [-0.2, 0) is 14.7 Å². The van der Waals surface area contributed by atoms with E-state index >= 15 is 0 Å². The van der Waals surface area contributed by atoms with Gasteiger partial charge < -0.3 is 10.2 Å². The van der Waals surface area contributed by atoms with Gasteiger partial charge in [-0.15, -0.1) is 4.28 Å². The van der Waals surface area contributed by atoms with Gasteiger partial charge in [0.1, 0.15) is 5.84 Å². The highest BCUT2D eigenvalue weighted by atomic mass is 32.3. The molecule has 0 unspecified atom stereocenters. The molecule has 3 fully saturated rings. The largest absolute Gasteiger partial charge is 0.418 e. The number of nitrogens with zero attached hydrogens (tertiary/aromatic N) is 2. The second-order valence-corrected chi connectivity index (χ2v) is 6.70. The predicted molar refractivity (Wildman–Crippen MR) is 71.9 cm³/mol. The molecule has 2 atom stereocenters. The number of rotatable bonds is 4. The van der Waals surface area contributed by atoms with E-state index in [1.807, 2.05) is 0 Å². The molecular weight excluding hydrogens is 300 g/mol. The number of fused-ring (bicyclic) bond motifs is 2. The van der Waals surface area contributed by atoms with Crippen LogP contribution in [0.3, 0.4) is 0 Å². The smallest absolute Gasteiger partial charge is 0.370 e. The summed E-state index contributed by atoms with van der Waals surface area (Å²) in [5.41, 5.74) is 0. The van der Waals surface area contributed by atoms with Crippen LogP contribution >= 0.6 is 0 Å². The summed E-state index contributed by atoms with van der Waals surface area (Å²) in [7, 11) is -4.72. The first-order chi connectivity index (χ1) is 9.85. The van der Waals surface area contributed by atoms with Crippen molar-refractivity contribution >= 4 is 22.3 Å². The number of nitrogens with one attached hydrogen (secondary N) is 2. The van der Waals surface area contributed by atoms with E-state index in [-0.39, 0.29) is 6.04 Å². The van der Waals surface area contributed by atoms with Crippen molar-refractivity contribution in [2.45, 2.75) is 50.2 Å². The van der Waals surface area contributed by atoms with Crippen LogP contribution in [0, 0.1) is 5.41 Å². The summed E-state index contributed by atoms with van der Waals surface area (Å²) in [6.07, 6.45) is 4.31. The lowest BCUT2D eigenvalue weighted by molar-refractivity contribution is -0.0316. The van der Waals surface area contributed by atoms with E-state index in [4.69, 9.17) is 9.96 Å². The number of carbonyl (C=O) groups is 1.